The molecular formula is C11H20O. The monoisotopic (exact) mass is 168 g/mol. The Hall–Kier alpha value is -0.300. The first-order chi connectivity index (χ1) is 5.86. The van der Waals surface area contributed by atoms with Gasteiger partial charge < -0.3 is 5.11 Å². The molecule has 70 valence electrons. The van der Waals surface area contributed by atoms with Gasteiger partial charge in [0.05, 0.1) is 0 Å². The van der Waals surface area contributed by atoms with Gasteiger partial charge in [-0.1, -0.05) is 31.9 Å². The summed E-state index contributed by atoms with van der Waals surface area (Å²) in [5, 5.41) is 9.00. The van der Waals surface area contributed by atoms with E-state index in [0.717, 1.165) is 12.3 Å². The molecule has 1 nitrogen and oxygen atoms in total. The van der Waals surface area contributed by atoms with Gasteiger partial charge in [0.1, 0.15) is 0 Å². The maximum Gasteiger partial charge on any atom is 0.0462 e. The molecule has 2 unspecified atom stereocenters. The molecule has 12 heavy (non-hydrogen) atoms. The Balaban J connectivity index is 2.26. The molecule has 0 radical (unpaired) electrons. The Morgan fingerprint density at radius 1 is 1.50 bits per heavy atom. The van der Waals surface area contributed by atoms with Crippen molar-refractivity contribution in [3.8, 4) is 0 Å². The van der Waals surface area contributed by atoms with Crippen molar-refractivity contribution >= 4 is 0 Å². The van der Waals surface area contributed by atoms with Crippen molar-refractivity contribution in [3.05, 3.63) is 12.2 Å². The van der Waals surface area contributed by atoms with E-state index >= 15 is 0 Å². The molecule has 1 aliphatic carbocycles. The largest absolute Gasteiger partial charge is 0.396 e. The molecule has 0 aromatic carbocycles. The van der Waals surface area contributed by atoms with Gasteiger partial charge in [0.25, 0.3) is 0 Å². The summed E-state index contributed by atoms with van der Waals surface area (Å²) in [6.07, 6.45) is 10.8. The average Bonchev–Trinajstić information content (AvgIpc) is 2.15. The van der Waals surface area contributed by atoms with Gasteiger partial charge in [0.15, 0.2) is 0 Å². The molecule has 1 rings (SSSR count). The number of rotatable bonds is 4. The van der Waals surface area contributed by atoms with Gasteiger partial charge in [-0.05, 0) is 31.1 Å². The van der Waals surface area contributed by atoms with Gasteiger partial charge in [-0.25, -0.2) is 0 Å². The predicted octanol–water partition coefficient (Wildman–Crippen LogP) is 2.75. The summed E-state index contributed by atoms with van der Waals surface area (Å²) in [5.74, 6) is 1.28. The quantitative estimate of drug-likeness (QED) is 0.640. The highest BCUT2D eigenvalue weighted by molar-refractivity contribution is 4.95. The van der Waals surface area contributed by atoms with Crippen LogP contribution in [0.5, 0.6) is 0 Å². The van der Waals surface area contributed by atoms with E-state index in [2.05, 4.69) is 19.1 Å². The minimum absolute atomic E-state index is 0.368. The molecule has 0 saturated heterocycles. The summed E-state index contributed by atoms with van der Waals surface area (Å²) in [7, 11) is 0. The molecule has 1 heteroatoms. The first kappa shape index (κ1) is 9.79. The third-order valence-electron chi connectivity index (χ3n) is 2.70. The van der Waals surface area contributed by atoms with Crippen LogP contribution in [0.15, 0.2) is 12.2 Å². The molecule has 1 aliphatic rings. The van der Waals surface area contributed by atoms with Crippen molar-refractivity contribution in [3.63, 3.8) is 0 Å². The van der Waals surface area contributed by atoms with Crippen LogP contribution in [0.2, 0.25) is 0 Å². The summed E-state index contributed by atoms with van der Waals surface area (Å²) in [4.78, 5) is 0. The Morgan fingerprint density at radius 2 is 2.33 bits per heavy atom. The second-order valence-electron chi connectivity index (χ2n) is 3.85. The molecular weight excluding hydrogens is 148 g/mol. The van der Waals surface area contributed by atoms with Gasteiger partial charge in [0, 0.05) is 6.61 Å². The van der Waals surface area contributed by atoms with Crippen molar-refractivity contribution in [2.45, 2.75) is 39.0 Å². The molecule has 1 N–H and O–H groups in total. The Kier molecular flexibility index (Phi) is 4.37. The van der Waals surface area contributed by atoms with Crippen LogP contribution >= 0.6 is 0 Å². The number of aliphatic hydroxyl groups excluding tert-OH is 1. The van der Waals surface area contributed by atoms with Crippen LogP contribution in [0.3, 0.4) is 0 Å². The van der Waals surface area contributed by atoms with Gasteiger partial charge in [-0.2, -0.15) is 0 Å². The minimum atomic E-state index is 0.368. The molecule has 2 atom stereocenters. The Labute approximate surface area is 75.5 Å². The third kappa shape index (κ3) is 2.98. The zero-order valence-corrected chi connectivity index (χ0v) is 8.00. The molecule has 0 amide bonds. The van der Waals surface area contributed by atoms with E-state index in [1.54, 1.807) is 0 Å². The molecule has 0 bridgehead atoms. The zero-order chi connectivity index (χ0) is 8.81. The van der Waals surface area contributed by atoms with E-state index in [1.807, 2.05) is 0 Å². The molecule has 0 heterocycles. The maximum atomic E-state index is 9.00. The summed E-state index contributed by atoms with van der Waals surface area (Å²) in [6, 6.07) is 0. The first-order valence-electron chi connectivity index (χ1n) is 5.14. The van der Waals surface area contributed by atoms with Gasteiger partial charge in [0.2, 0.25) is 0 Å². The molecule has 0 spiro atoms. The number of unbranched alkanes of at least 4 members (excludes halogenated alkanes) is 1. The summed E-state index contributed by atoms with van der Waals surface area (Å²) in [6.45, 7) is 2.60. The molecule has 0 saturated carbocycles. The molecule has 0 aromatic rings. The summed E-state index contributed by atoms with van der Waals surface area (Å²) < 4.78 is 0. The van der Waals surface area contributed by atoms with E-state index in [9.17, 15) is 0 Å². The summed E-state index contributed by atoms with van der Waals surface area (Å²) in [5.41, 5.74) is 0. The highest BCUT2D eigenvalue weighted by atomic mass is 16.3. The van der Waals surface area contributed by atoms with Crippen molar-refractivity contribution in [2.24, 2.45) is 11.8 Å². The zero-order valence-electron chi connectivity index (χ0n) is 8.00. The van der Waals surface area contributed by atoms with Crippen LogP contribution < -0.4 is 0 Å². The third-order valence-corrected chi connectivity index (χ3v) is 2.70. The van der Waals surface area contributed by atoms with E-state index in [0.29, 0.717) is 12.5 Å². The minimum Gasteiger partial charge on any atom is -0.396 e. The number of hydrogen-bond donors (Lipinski definition) is 1. The fourth-order valence-electron chi connectivity index (χ4n) is 1.90. The second-order valence-corrected chi connectivity index (χ2v) is 3.85. The first-order valence-corrected chi connectivity index (χ1v) is 5.14. The van der Waals surface area contributed by atoms with Crippen molar-refractivity contribution in [1.82, 2.24) is 0 Å². The molecule has 0 aliphatic heterocycles. The predicted molar refractivity (Wildman–Crippen MR) is 52.0 cm³/mol. The highest BCUT2D eigenvalue weighted by Gasteiger charge is 2.16. The lowest BCUT2D eigenvalue weighted by molar-refractivity contribution is 0.201. The maximum absolute atomic E-state index is 9.00. The normalized spacial score (nSPS) is 29.2. The Bertz CT molecular complexity index is 140. The highest BCUT2D eigenvalue weighted by Crippen LogP contribution is 2.26. The van der Waals surface area contributed by atoms with Gasteiger partial charge in [-0.15, -0.1) is 0 Å². The van der Waals surface area contributed by atoms with Gasteiger partial charge >= 0.3 is 0 Å². The van der Waals surface area contributed by atoms with Crippen LogP contribution in [0, 0.1) is 11.8 Å². The average molecular weight is 168 g/mol. The van der Waals surface area contributed by atoms with E-state index in [1.165, 1.54) is 25.7 Å². The van der Waals surface area contributed by atoms with Gasteiger partial charge in [-0.3, -0.25) is 0 Å². The van der Waals surface area contributed by atoms with Crippen LogP contribution in [-0.2, 0) is 0 Å². The van der Waals surface area contributed by atoms with Crippen molar-refractivity contribution in [1.29, 1.82) is 0 Å². The van der Waals surface area contributed by atoms with Crippen LogP contribution in [0.4, 0.5) is 0 Å². The van der Waals surface area contributed by atoms with Crippen molar-refractivity contribution < 1.29 is 5.11 Å². The Morgan fingerprint density at radius 3 is 3.00 bits per heavy atom. The molecule has 0 fully saturated rings. The number of aliphatic hydroxyl groups is 1. The van der Waals surface area contributed by atoms with E-state index in [4.69, 9.17) is 5.11 Å². The van der Waals surface area contributed by atoms with Crippen molar-refractivity contribution in [2.75, 3.05) is 6.61 Å². The smallest absolute Gasteiger partial charge is 0.0462 e. The lowest BCUT2D eigenvalue weighted by Crippen LogP contribution is -2.14. The lowest BCUT2D eigenvalue weighted by Gasteiger charge is -2.22. The fraction of sp³-hybridized carbons (Fsp3) is 0.818. The number of hydrogen-bond acceptors (Lipinski definition) is 1. The van der Waals surface area contributed by atoms with E-state index < -0.39 is 0 Å². The topological polar surface area (TPSA) is 20.2 Å². The van der Waals surface area contributed by atoms with E-state index in [-0.39, 0.29) is 0 Å². The SMILES string of the molecule is CCCCC1C=CCC(CO)C1. The lowest BCUT2D eigenvalue weighted by atomic mass is 9.84. The second kappa shape index (κ2) is 5.36. The molecule has 0 aromatic heterocycles. The van der Waals surface area contributed by atoms with Crippen LogP contribution in [-0.4, -0.2) is 11.7 Å². The van der Waals surface area contributed by atoms with Crippen LogP contribution in [0.25, 0.3) is 0 Å². The fourth-order valence-corrected chi connectivity index (χ4v) is 1.90. The number of allylic oxidation sites excluding steroid dienone is 2. The standard InChI is InChI=1S/C11H20O/c1-2-3-5-10-6-4-7-11(8-10)9-12/h4,6,10-12H,2-3,5,7-9H2,1H3. The summed E-state index contributed by atoms with van der Waals surface area (Å²) >= 11 is 0. The van der Waals surface area contributed by atoms with Crippen LogP contribution in [0.1, 0.15) is 39.0 Å².